The summed E-state index contributed by atoms with van der Waals surface area (Å²) in [6.45, 7) is 1.64. The zero-order valence-corrected chi connectivity index (χ0v) is 10.7. The summed E-state index contributed by atoms with van der Waals surface area (Å²) < 4.78 is 0. The Labute approximate surface area is 108 Å². The van der Waals surface area contributed by atoms with Crippen molar-refractivity contribution in [1.82, 2.24) is 4.90 Å². The van der Waals surface area contributed by atoms with Crippen molar-refractivity contribution in [2.24, 2.45) is 35.5 Å². The minimum absolute atomic E-state index is 0.184. The number of hydrogen-bond acceptors (Lipinski definition) is 2. The normalized spacial score (nSPS) is 45.7. The molecule has 3 aliphatic carbocycles. The Morgan fingerprint density at radius 1 is 1.06 bits per heavy atom. The molecule has 1 heterocycles. The molecule has 4 aliphatic rings. The molecule has 0 aromatic heterocycles. The number of rotatable bonds is 1. The highest BCUT2D eigenvalue weighted by Gasteiger charge is 2.67. The lowest BCUT2D eigenvalue weighted by molar-refractivity contribution is -0.134. The average Bonchev–Trinajstić information content (AvgIpc) is 2.85. The van der Waals surface area contributed by atoms with Crippen LogP contribution in [0.5, 0.6) is 0 Å². The van der Waals surface area contributed by atoms with Gasteiger partial charge in [0.05, 0.1) is 6.07 Å². The zero-order chi connectivity index (χ0) is 12.3. The van der Waals surface area contributed by atoms with Gasteiger partial charge in [-0.2, -0.15) is 5.26 Å². The average molecular weight is 244 g/mol. The number of piperidine rings is 1. The van der Waals surface area contributed by atoms with E-state index in [4.69, 9.17) is 5.26 Å². The molecule has 4 rings (SSSR count). The minimum Gasteiger partial charge on any atom is -0.342 e. The van der Waals surface area contributed by atoms with Crippen molar-refractivity contribution in [1.29, 1.82) is 5.26 Å². The Balaban J connectivity index is 1.40. The Bertz CT molecular complexity index is 403. The highest BCUT2D eigenvalue weighted by molar-refractivity contribution is 5.83. The van der Waals surface area contributed by atoms with E-state index in [0.717, 1.165) is 49.6 Å². The molecule has 18 heavy (non-hydrogen) atoms. The Hall–Kier alpha value is -1.04. The molecular formula is C15H20N2O. The Kier molecular flexibility index (Phi) is 2.24. The number of nitriles is 1. The fourth-order valence-electron chi connectivity index (χ4n) is 5.10. The standard InChI is InChI=1S/C15H20N2O/c16-8-9-3-5-17(6-4-9)15(18)14-12-10-1-2-11(7-10)13(12)14/h9-14H,1-7H2. The third kappa shape index (κ3) is 1.38. The van der Waals surface area contributed by atoms with Gasteiger partial charge in [0, 0.05) is 24.9 Å². The molecule has 1 amide bonds. The van der Waals surface area contributed by atoms with Crippen LogP contribution in [0, 0.1) is 46.8 Å². The van der Waals surface area contributed by atoms with Crippen molar-refractivity contribution in [2.45, 2.75) is 32.1 Å². The van der Waals surface area contributed by atoms with Gasteiger partial charge in [0.2, 0.25) is 5.91 Å². The van der Waals surface area contributed by atoms with E-state index in [1.807, 2.05) is 0 Å². The van der Waals surface area contributed by atoms with E-state index in [-0.39, 0.29) is 5.92 Å². The molecule has 1 aliphatic heterocycles. The van der Waals surface area contributed by atoms with Gasteiger partial charge in [-0.15, -0.1) is 0 Å². The van der Waals surface area contributed by atoms with Gasteiger partial charge in [0.25, 0.3) is 0 Å². The molecule has 4 atom stereocenters. The van der Waals surface area contributed by atoms with E-state index >= 15 is 0 Å². The molecule has 3 saturated carbocycles. The summed E-state index contributed by atoms with van der Waals surface area (Å²) >= 11 is 0. The van der Waals surface area contributed by atoms with Gasteiger partial charge < -0.3 is 4.90 Å². The number of carbonyl (C=O) groups is 1. The number of carbonyl (C=O) groups excluding carboxylic acids is 1. The lowest BCUT2D eigenvalue weighted by Gasteiger charge is -2.30. The van der Waals surface area contributed by atoms with Gasteiger partial charge >= 0.3 is 0 Å². The van der Waals surface area contributed by atoms with Crippen LogP contribution in [0.15, 0.2) is 0 Å². The molecule has 1 saturated heterocycles. The lowest BCUT2D eigenvalue weighted by Crippen LogP contribution is -2.40. The molecule has 96 valence electrons. The SMILES string of the molecule is N#CC1CCN(C(=O)C2C3C4CCC(C4)C23)CC1. The van der Waals surface area contributed by atoms with Crippen molar-refractivity contribution in [3.8, 4) is 6.07 Å². The maximum absolute atomic E-state index is 12.5. The molecule has 2 bridgehead atoms. The molecule has 0 radical (unpaired) electrons. The van der Waals surface area contributed by atoms with Gasteiger partial charge in [-0.3, -0.25) is 4.79 Å². The van der Waals surface area contributed by atoms with Crippen LogP contribution in [0.25, 0.3) is 0 Å². The first kappa shape index (κ1) is 10.8. The maximum Gasteiger partial charge on any atom is 0.226 e. The van der Waals surface area contributed by atoms with Gasteiger partial charge in [0.15, 0.2) is 0 Å². The summed E-state index contributed by atoms with van der Waals surface area (Å²) in [6, 6.07) is 2.33. The number of amides is 1. The van der Waals surface area contributed by atoms with Crippen LogP contribution in [-0.2, 0) is 4.79 Å². The maximum atomic E-state index is 12.5. The summed E-state index contributed by atoms with van der Waals surface area (Å²) in [5, 5.41) is 8.89. The molecule has 0 aromatic rings. The minimum atomic E-state index is 0.184. The predicted octanol–water partition coefficient (Wildman–Crippen LogP) is 2.04. The molecule has 0 N–H and O–H groups in total. The van der Waals surface area contributed by atoms with Gasteiger partial charge in [0.1, 0.15) is 0 Å². The number of likely N-dealkylation sites (tertiary alicyclic amines) is 1. The third-order valence-electron chi connectivity index (χ3n) is 6.01. The van der Waals surface area contributed by atoms with Crippen molar-refractivity contribution in [3.05, 3.63) is 0 Å². The smallest absolute Gasteiger partial charge is 0.226 e. The fourth-order valence-corrected chi connectivity index (χ4v) is 5.10. The molecule has 3 nitrogen and oxygen atoms in total. The summed E-state index contributed by atoms with van der Waals surface area (Å²) in [5.41, 5.74) is 0. The number of fused-ring (bicyclic) bond motifs is 5. The molecule has 3 heteroatoms. The van der Waals surface area contributed by atoms with E-state index in [1.165, 1.54) is 19.3 Å². The van der Waals surface area contributed by atoms with Crippen molar-refractivity contribution >= 4 is 5.91 Å². The summed E-state index contributed by atoms with van der Waals surface area (Å²) in [7, 11) is 0. The van der Waals surface area contributed by atoms with Crippen LogP contribution < -0.4 is 0 Å². The first-order valence-electron chi connectivity index (χ1n) is 7.48. The van der Waals surface area contributed by atoms with E-state index in [1.54, 1.807) is 0 Å². The Morgan fingerprint density at radius 2 is 1.67 bits per heavy atom. The summed E-state index contributed by atoms with van der Waals surface area (Å²) in [4.78, 5) is 14.6. The van der Waals surface area contributed by atoms with Crippen molar-refractivity contribution in [3.63, 3.8) is 0 Å². The van der Waals surface area contributed by atoms with Crippen LogP contribution in [-0.4, -0.2) is 23.9 Å². The molecule has 0 spiro atoms. The monoisotopic (exact) mass is 244 g/mol. The van der Waals surface area contributed by atoms with E-state index in [2.05, 4.69) is 11.0 Å². The number of hydrogen-bond donors (Lipinski definition) is 0. The molecule has 0 aromatic carbocycles. The fraction of sp³-hybridized carbons (Fsp3) is 0.867. The van der Waals surface area contributed by atoms with Gasteiger partial charge in [-0.25, -0.2) is 0 Å². The van der Waals surface area contributed by atoms with Crippen LogP contribution in [0.4, 0.5) is 0 Å². The topological polar surface area (TPSA) is 44.1 Å². The van der Waals surface area contributed by atoms with Crippen LogP contribution in [0.3, 0.4) is 0 Å². The quantitative estimate of drug-likeness (QED) is 0.708. The predicted molar refractivity (Wildman–Crippen MR) is 66.2 cm³/mol. The largest absolute Gasteiger partial charge is 0.342 e. The van der Waals surface area contributed by atoms with Crippen molar-refractivity contribution in [2.75, 3.05) is 13.1 Å². The van der Waals surface area contributed by atoms with Gasteiger partial charge in [-0.1, -0.05) is 0 Å². The van der Waals surface area contributed by atoms with Crippen molar-refractivity contribution < 1.29 is 4.79 Å². The lowest BCUT2D eigenvalue weighted by atomic mass is 9.96. The Morgan fingerprint density at radius 3 is 2.22 bits per heavy atom. The van der Waals surface area contributed by atoms with Crippen LogP contribution >= 0.6 is 0 Å². The zero-order valence-electron chi connectivity index (χ0n) is 10.7. The number of nitrogens with zero attached hydrogens (tertiary/aromatic N) is 2. The molecule has 4 fully saturated rings. The van der Waals surface area contributed by atoms with E-state index in [0.29, 0.717) is 11.8 Å². The van der Waals surface area contributed by atoms with E-state index < -0.39 is 0 Å². The highest BCUT2D eigenvalue weighted by Crippen LogP contribution is 2.69. The van der Waals surface area contributed by atoms with Crippen LogP contribution in [0.1, 0.15) is 32.1 Å². The first-order chi connectivity index (χ1) is 8.79. The summed E-state index contributed by atoms with van der Waals surface area (Å²) in [5.74, 6) is 4.27. The second-order valence-corrected chi connectivity index (χ2v) is 6.74. The second kappa shape index (κ2) is 3.73. The second-order valence-electron chi connectivity index (χ2n) is 6.74. The molecular weight excluding hydrogens is 224 g/mol. The van der Waals surface area contributed by atoms with Gasteiger partial charge in [-0.05, 0) is 55.8 Å². The first-order valence-corrected chi connectivity index (χ1v) is 7.48. The molecule has 4 unspecified atom stereocenters. The third-order valence-corrected chi connectivity index (χ3v) is 6.01. The summed E-state index contributed by atoms with van der Waals surface area (Å²) in [6.07, 6.45) is 5.95. The van der Waals surface area contributed by atoms with Crippen LogP contribution in [0.2, 0.25) is 0 Å². The highest BCUT2D eigenvalue weighted by atomic mass is 16.2. The van der Waals surface area contributed by atoms with E-state index in [9.17, 15) is 4.79 Å².